The number of hydrogen-bond donors (Lipinski definition) is 2. The van der Waals surface area contributed by atoms with Gasteiger partial charge < -0.3 is 20.5 Å². The third kappa shape index (κ3) is 2.74. The van der Waals surface area contributed by atoms with Gasteiger partial charge in [-0.2, -0.15) is 0 Å². The highest BCUT2D eigenvalue weighted by atomic mass is 32.2. The predicted molar refractivity (Wildman–Crippen MR) is 114 cm³/mol. The minimum atomic E-state index is -0.361. The van der Waals surface area contributed by atoms with Crippen LogP contribution in [-0.4, -0.2) is 41.9 Å². The van der Waals surface area contributed by atoms with Gasteiger partial charge in [0.1, 0.15) is 0 Å². The number of benzene rings is 2. The van der Waals surface area contributed by atoms with Crippen LogP contribution in [0.1, 0.15) is 5.56 Å². The lowest BCUT2D eigenvalue weighted by Gasteiger charge is -2.35. The van der Waals surface area contributed by atoms with Gasteiger partial charge in [-0.3, -0.25) is 9.78 Å². The molecule has 0 aliphatic carbocycles. The molecule has 2 aliphatic rings. The summed E-state index contributed by atoms with van der Waals surface area (Å²) in [5.74, 6) is 0.353. The zero-order chi connectivity index (χ0) is 19.5. The van der Waals surface area contributed by atoms with Crippen molar-refractivity contribution in [3.8, 4) is 11.1 Å². The first-order chi connectivity index (χ1) is 13.4. The Kier molecular flexibility index (Phi) is 3.87. The number of nitrogens with one attached hydrogen (secondary N) is 2. The molecule has 1 aromatic heterocycles. The number of thioether (sulfide) groups is 1. The summed E-state index contributed by atoms with van der Waals surface area (Å²) in [6.07, 6.45) is 2.42. The Morgan fingerprint density at radius 1 is 1.14 bits per heavy atom. The van der Waals surface area contributed by atoms with Crippen molar-refractivity contribution in [3.63, 3.8) is 0 Å². The molecule has 2 aliphatic heterocycles. The number of rotatable bonds is 3. The van der Waals surface area contributed by atoms with Gasteiger partial charge in [0, 0.05) is 34.2 Å². The summed E-state index contributed by atoms with van der Waals surface area (Å²) in [6, 6.07) is 10.2. The van der Waals surface area contributed by atoms with Gasteiger partial charge in [-0.1, -0.05) is 18.2 Å². The van der Waals surface area contributed by atoms with Crippen molar-refractivity contribution in [1.29, 1.82) is 0 Å². The molecule has 0 fully saturated rings. The molecule has 0 bridgehead atoms. The van der Waals surface area contributed by atoms with Crippen LogP contribution < -0.4 is 10.6 Å². The summed E-state index contributed by atoms with van der Waals surface area (Å²) in [4.78, 5) is 17.8. The lowest BCUT2D eigenvalue weighted by Crippen LogP contribution is -2.34. The number of pyridine rings is 1. The monoisotopic (exact) mass is 392 g/mol. The minimum Gasteiger partial charge on any atom is -0.633 e. The molecule has 0 unspecified atom stereocenters. The smallest absolute Gasteiger partial charge is 0.234 e. The second-order valence-electron chi connectivity index (χ2n) is 7.69. The van der Waals surface area contributed by atoms with Crippen molar-refractivity contribution in [1.82, 2.24) is 4.98 Å². The number of quaternary nitrogens is 1. The van der Waals surface area contributed by atoms with Crippen LogP contribution in [0.2, 0.25) is 0 Å². The highest BCUT2D eigenvalue weighted by Crippen LogP contribution is 2.51. The average Bonchev–Trinajstić information content (AvgIpc) is 2.67. The van der Waals surface area contributed by atoms with Gasteiger partial charge in [0.15, 0.2) is 0 Å². The molecule has 5 rings (SSSR count). The van der Waals surface area contributed by atoms with Gasteiger partial charge in [-0.05, 0) is 23.3 Å². The van der Waals surface area contributed by atoms with Gasteiger partial charge in [-0.25, -0.2) is 0 Å². The molecule has 3 aromatic rings. The molecule has 0 saturated carbocycles. The van der Waals surface area contributed by atoms with Crippen molar-refractivity contribution in [2.45, 2.75) is 11.3 Å². The van der Waals surface area contributed by atoms with Crippen LogP contribution in [0.3, 0.4) is 0 Å². The van der Waals surface area contributed by atoms with Crippen molar-refractivity contribution in [2.24, 2.45) is 0 Å². The van der Waals surface area contributed by atoms with E-state index in [9.17, 15) is 10.0 Å². The number of aromatic nitrogens is 1. The molecule has 2 N–H and O–H groups in total. The maximum Gasteiger partial charge on any atom is 0.234 e. The molecule has 0 atom stereocenters. The molecule has 2 aromatic carbocycles. The Bertz CT molecular complexity index is 1140. The highest BCUT2D eigenvalue weighted by molar-refractivity contribution is 8.00. The largest absolute Gasteiger partial charge is 0.633 e. The standard InChI is InChI=1S/C21H20N4O2S/c1-25(2,27)10-8-14-18-17-13(12-5-3-4-6-15(12)23-18)7-9-22-19(17)20-21(14)28-11-16(26)24-20/h3-7,9,23H,8,10-11H2,1-2H3,(H,24,26). The van der Waals surface area contributed by atoms with E-state index in [1.165, 1.54) is 11.8 Å². The van der Waals surface area contributed by atoms with Gasteiger partial charge in [0.2, 0.25) is 5.91 Å². The Morgan fingerprint density at radius 2 is 1.96 bits per heavy atom. The van der Waals surface area contributed by atoms with Crippen LogP contribution in [0.4, 0.5) is 17.1 Å². The summed E-state index contributed by atoms with van der Waals surface area (Å²) in [6.45, 7) is 0.457. The molecular weight excluding hydrogens is 372 g/mol. The third-order valence-electron chi connectivity index (χ3n) is 5.23. The van der Waals surface area contributed by atoms with Crippen molar-refractivity contribution in [2.75, 3.05) is 37.0 Å². The summed E-state index contributed by atoms with van der Waals surface area (Å²) >= 11 is 1.53. The van der Waals surface area contributed by atoms with E-state index in [1.54, 1.807) is 20.3 Å². The van der Waals surface area contributed by atoms with E-state index in [0.717, 1.165) is 49.6 Å². The van der Waals surface area contributed by atoms with Crippen molar-refractivity contribution < 1.29 is 9.44 Å². The summed E-state index contributed by atoms with van der Waals surface area (Å²) in [5, 5.41) is 19.9. The summed E-state index contributed by atoms with van der Waals surface area (Å²) in [7, 11) is 3.31. The summed E-state index contributed by atoms with van der Waals surface area (Å²) in [5.41, 5.74) is 6.91. The van der Waals surface area contributed by atoms with E-state index >= 15 is 0 Å². The molecule has 28 heavy (non-hydrogen) atoms. The predicted octanol–water partition coefficient (Wildman–Crippen LogP) is 4.12. The number of carbonyl (C=O) groups is 1. The third-order valence-corrected chi connectivity index (χ3v) is 6.38. The number of amides is 1. The number of carbonyl (C=O) groups excluding carboxylic acids is 1. The highest BCUT2D eigenvalue weighted by Gasteiger charge is 2.30. The Balaban J connectivity index is 1.83. The molecule has 0 radical (unpaired) electrons. The van der Waals surface area contributed by atoms with Crippen molar-refractivity contribution in [3.05, 3.63) is 47.3 Å². The van der Waals surface area contributed by atoms with E-state index in [-0.39, 0.29) is 10.6 Å². The molecule has 0 spiro atoms. The van der Waals surface area contributed by atoms with Crippen LogP contribution in [0.25, 0.3) is 22.0 Å². The van der Waals surface area contributed by atoms with E-state index in [1.807, 2.05) is 18.2 Å². The van der Waals surface area contributed by atoms with Crippen LogP contribution in [0, 0.1) is 5.21 Å². The second-order valence-corrected chi connectivity index (χ2v) is 8.68. The quantitative estimate of drug-likeness (QED) is 0.405. The average molecular weight is 392 g/mol. The number of likely N-dealkylation sites (N-methyl/N-ethyl adjacent to an activating group) is 1. The van der Waals surface area contributed by atoms with Gasteiger partial charge in [-0.15, -0.1) is 11.8 Å². The van der Waals surface area contributed by atoms with Crippen molar-refractivity contribution >= 4 is 45.6 Å². The fourth-order valence-corrected chi connectivity index (χ4v) is 4.98. The van der Waals surface area contributed by atoms with Gasteiger partial charge in [0.25, 0.3) is 0 Å². The van der Waals surface area contributed by atoms with Crippen LogP contribution >= 0.6 is 11.8 Å². The van der Waals surface area contributed by atoms with E-state index in [2.05, 4.69) is 27.8 Å². The first-order valence-electron chi connectivity index (χ1n) is 9.23. The molecule has 0 saturated heterocycles. The number of hydroxylamine groups is 3. The topological polar surface area (TPSA) is 77.1 Å². The Hall–Kier alpha value is -2.61. The Morgan fingerprint density at radius 3 is 2.79 bits per heavy atom. The van der Waals surface area contributed by atoms with Gasteiger partial charge >= 0.3 is 0 Å². The molecule has 142 valence electrons. The van der Waals surface area contributed by atoms with E-state index in [0.29, 0.717) is 18.7 Å². The zero-order valence-electron chi connectivity index (χ0n) is 15.7. The van der Waals surface area contributed by atoms with Crippen LogP contribution in [0.15, 0.2) is 41.4 Å². The SMILES string of the molecule is C[N+](C)([O-])CCc1c2c(c3nccc4c3c1Nc1ccccc1-4)NC(=O)CS2. The Labute approximate surface area is 167 Å². The minimum absolute atomic E-state index is 0.0185. The number of fused-ring (bicyclic) bond motifs is 4. The molecule has 3 heterocycles. The molecular formula is C21H20N4O2S. The van der Waals surface area contributed by atoms with E-state index < -0.39 is 0 Å². The van der Waals surface area contributed by atoms with Crippen LogP contribution in [0.5, 0.6) is 0 Å². The van der Waals surface area contributed by atoms with E-state index in [4.69, 9.17) is 0 Å². The maximum atomic E-state index is 12.3. The lowest BCUT2D eigenvalue weighted by atomic mass is 9.91. The second kappa shape index (κ2) is 6.20. The zero-order valence-corrected chi connectivity index (χ0v) is 16.5. The molecule has 7 heteroatoms. The fraction of sp³-hybridized carbons (Fsp3) is 0.238. The molecule has 6 nitrogen and oxygen atoms in total. The first kappa shape index (κ1) is 17.5. The summed E-state index contributed by atoms with van der Waals surface area (Å²) < 4.78 is -0.361. The van der Waals surface area contributed by atoms with Gasteiger partial charge in [0.05, 0.1) is 43.3 Å². The number of hydrogen-bond acceptors (Lipinski definition) is 5. The maximum absolute atomic E-state index is 12.3. The number of nitrogens with zero attached hydrogens (tertiary/aromatic N) is 2. The fourth-order valence-electron chi connectivity index (χ4n) is 3.96. The number of anilines is 3. The molecule has 1 amide bonds. The first-order valence-corrected chi connectivity index (χ1v) is 10.2. The normalized spacial score (nSPS) is 14.9. The number of para-hydroxylation sites is 1. The van der Waals surface area contributed by atoms with Crippen LogP contribution in [-0.2, 0) is 11.2 Å². The lowest BCUT2D eigenvalue weighted by molar-refractivity contribution is -0.839.